The number of piperidine rings is 1. The summed E-state index contributed by atoms with van der Waals surface area (Å²) in [7, 11) is 0. The van der Waals surface area contributed by atoms with Crippen LogP contribution in [0.4, 0.5) is 0 Å². The average Bonchev–Trinajstić information content (AvgIpc) is 2.80. The van der Waals surface area contributed by atoms with Crippen LogP contribution in [0.5, 0.6) is 0 Å². The highest BCUT2D eigenvalue weighted by Gasteiger charge is 2.22. The summed E-state index contributed by atoms with van der Waals surface area (Å²) in [4.78, 5) is 5.26. The molecule has 3 aromatic carbocycles. The molecule has 4 heteroatoms. The van der Waals surface area contributed by atoms with Crippen molar-refractivity contribution in [3.8, 4) is 0 Å². The Hall–Kier alpha value is -1.71. The van der Waals surface area contributed by atoms with Gasteiger partial charge in [-0.25, -0.2) is 0 Å². The number of benzene rings is 3. The van der Waals surface area contributed by atoms with Gasteiger partial charge < -0.3 is 4.90 Å². The van der Waals surface area contributed by atoms with Crippen LogP contribution < -0.4 is 0 Å². The second-order valence-electron chi connectivity index (χ2n) is 8.17. The minimum Gasteiger partial charge on any atom is -0.303 e. The molecule has 0 bridgehead atoms. The van der Waals surface area contributed by atoms with E-state index in [2.05, 4.69) is 77.7 Å². The van der Waals surface area contributed by atoms with Crippen LogP contribution in [0.3, 0.4) is 0 Å². The first-order valence-corrected chi connectivity index (χ1v) is 12.0. The zero-order valence-electron chi connectivity index (χ0n) is 17.5. The number of likely N-dealkylation sites (tertiary alicyclic amines) is 1. The second-order valence-corrected chi connectivity index (χ2v) is 9.69. The first-order chi connectivity index (χ1) is 14.8. The van der Waals surface area contributed by atoms with E-state index in [1.807, 2.05) is 17.8 Å². The SMILES string of the molecule is Cl.Clc1ccc2c(c1)/C(=C/CCN1CCC(c3ccccc3)CC1)c1ccccc1S2. The molecule has 0 spiro atoms. The number of halogens is 2. The van der Waals surface area contributed by atoms with E-state index in [9.17, 15) is 0 Å². The summed E-state index contributed by atoms with van der Waals surface area (Å²) in [6.07, 6.45) is 6.02. The number of hydrogen-bond acceptors (Lipinski definition) is 2. The Balaban J connectivity index is 0.00000231. The summed E-state index contributed by atoms with van der Waals surface area (Å²) in [6.45, 7) is 3.51. The first kappa shape index (κ1) is 22.5. The van der Waals surface area contributed by atoms with Crippen LogP contribution in [0.15, 0.2) is 88.7 Å². The predicted molar refractivity (Wildman–Crippen MR) is 136 cm³/mol. The molecule has 160 valence electrons. The number of hydrogen-bond donors (Lipinski definition) is 0. The lowest BCUT2D eigenvalue weighted by Crippen LogP contribution is -2.33. The maximum atomic E-state index is 6.34. The third-order valence-electron chi connectivity index (χ3n) is 6.28. The van der Waals surface area contributed by atoms with Crippen molar-refractivity contribution < 1.29 is 0 Å². The van der Waals surface area contributed by atoms with Crippen molar-refractivity contribution in [3.63, 3.8) is 0 Å². The lowest BCUT2D eigenvalue weighted by Gasteiger charge is -2.32. The van der Waals surface area contributed by atoms with Gasteiger partial charge in [0, 0.05) is 21.4 Å². The zero-order chi connectivity index (χ0) is 20.3. The van der Waals surface area contributed by atoms with Gasteiger partial charge in [-0.3, -0.25) is 0 Å². The van der Waals surface area contributed by atoms with Crippen LogP contribution in [-0.2, 0) is 0 Å². The summed E-state index contributed by atoms with van der Waals surface area (Å²) in [5.41, 5.74) is 5.44. The van der Waals surface area contributed by atoms with Crippen LogP contribution in [0, 0.1) is 0 Å². The molecule has 1 nitrogen and oxygen atoms in total. The van der Waals surface area contributed by atoms with E-state index in [4.69, 9.17) is 11.6 Å². The Bertz CT molecular complexity index is 1060. The lowest BCUT2D eigenvalue weighted by atomic mass is 9.89. The topological polar surface area (TPSA) is 3.24 Å². The molecule has 2 heterocycles. The highest BCUT2D eigenvalue weighted by molar-refractivity contribution is 7.99. The van der Waals surface area contributed by atoms with Crippen molar-refractivity contribution in [1.29, 1.82) is 0 Å². The predicted octanol–water partition coefficient (Wildman–Crippen LogP) is 7.93. The van der Waals surface area contributed by atoms with Crippen LogP contribution in [-0.4, -0.2) is 24.5 Å². The van der Waals surface area contributed by atoms with Gasteiger partial charge in [0.15, 0.2) is 0 Å². The average molecular weight is 468 g/mol. The molecule has 0 N–H and O–H groups in total. The largest absolute Gasteiger partial charge is 0.303 e. The lowest BCUT2D eigenvalue weighted by molar-refractivity contribution is 0.216. The molecule has 1 fully saturated rings. The van der Waals surface area contributed by atoms with E-state index in [0.717, 1.165) is 23.9 Å². The van der Waals surface area contributed by atoms with Gasteiger partial charge in [-0.1, -0.05) is 78.0 Å². The molecule has 1 saturated heterocycles. The molecule has 0 unspecified atom stereocenters. The number of fused-ring (bicyclic) bond motifs is 2. The summed E-state index contributed by atoms with van der Waals surface area (Å²) in [5.74, 6) is 0.720. The standard InChI is InChI=1S/C27H26ClNS.ClH/c28-22-12-13-27-25(19-22)23(24-9-4-5-11-26(24)30-27)10-6-16-29-17-14-21(15-18-29)20-7-2-1-3-8-20;/h1-5,7-13,19,21H,6,14-18H2;1H/b23-10+;. The van der Waals surface area contributed by atoms with Gasteiger partial charge in [0.2, 0.25) is 0 Å². The molecule has 0 aromatic heterocycles. The Morgan fingerprint density at radius 2 is 1.58 bits per heavy atom. The summed E-state index contributed by atoms with van der Waals surface area (Å²) < 4.78 is 0. The fourth-order valence-corrected chi connectivity index (χ4v) is 5.93. The molecule has 31 heavy (non-hydrogen) atoms. The first-order valence-electron chi connectivity index (χ1n) is 10.8. The van der Waals surface area contributed by atoms with E-state index in [1.165, 1.54) is 58.0 Å². The monoisotopic (exact) mass is 467 g/mol. The van der Waals surface area contributed by atoms with Crippen LogP contribution in [0.1, 0.15) is 41.9 Å². The molecule has 0 aliphatic carbocycles. The molecule has 0 atom stereocenters. The Morgan fingerprint density at radius 3 is 2.39 bits per heavy atom. The fraction of sp³-hybridized carbons (Fsp3) is 0.259. The molecule has 0 amide bonds. The summed E-state index contributed by atoms with van der Waals surface area (Å²) >= 11 is 8.19. The van der Waals surface area contributed by atoms with Crippen molar-refractivity contribution >= 4 is 41.3 Å². The van der Waals surface area contributed by atoms with Gasteiger partial charge >= 0.3 is 0 Å². The summed E-state index contributed by atoms with van der Waals surface area (Å²) in [6, 6.07) is 26.0. The van der Waals surface area contributed by atoms with Crippen molar-refractivity contribution in [2.24, 2.45) is 0 Å². The molecular weight excluding hydrogens is 441 g/mol. The van der Waals surface area contributed by atoms with Crippen LogP contribution in [0.2, 0.25) is 5.02 Å². The molecular formula is C27H27Cl2NS. The third-order valence-corrected chi connectivity index (χ3v) is 7.67. The minimum absolute atomic E-state index is 0. The van der Waals surface area contributed by atoms with Crippen LogP contribution >= 0.6 is 35.8 Å². The third kappa shape index (κ3) is 5.04. The number of rotatable bonds is 4. The maximum Gasteiger partial charge on any atom is 0.0412 e. The van der Waals surface area contributed by atoms with E-state index < -0.39 is 0 Å². The minimum atomic E-state index is 0. The van der Waals surface area contributed by atoms with E-state index >= 15 is 0 Å². The maximum absolute atomic E-state index is 6.34. The quantitative estimate of drug-likeness (QED) is 0.299. The van der Waals surface area contributed by atoms with Crippen molar-refractivity contribution in [1.82, 2.24) is 4.90 Å². The van der Waals surface area contributed by atoms with Gasteiger partial charge in [0.1, 0.15) is 0 Å². The highest BCUT2D eigenvalue weighted by Crippen LogP contribution is 2.46. The van der Waals surface area contributed by atoms with E-state index in [-0.39, 0.29) is 12.4 Å². The summed E-state index contributed by atoms with van der Waals surface area (Å²) in [5, 5.41) is 0.808. The van der Waals surface area contributed by atoms with Gasteiger partial charge in [0.05, 0.1) is 0 Å². The van der Waals surface area contributed by atoms with Gasteiger partial charge in [0.25, 0.3) is 0 Å². The van der Waals surface area contributed by atoms with Crippen molar-refractivity contribution in [3.05, 3.63) is 101 Å². The molecule has 2 aliphatic rings. The molecule has 5 rings (SSSR count). The normalized spacial score (nSPS) is 17.6. The Kier molecular flexibility index (Phi) is 7.45. The molecule has 2 aliphatic heterocycles. The molecule has 3 aromatic rings. The number of nitrogens with zero attached hydrogens (tertiary/aromatic N) is 1. The molecule has 0 radical (unpaired) electrons. The van der Waals surface area contributed by atoms with Crippen LogP contribution in [0.25, 0.3) is 5.57 Å². The zero-order valence-corrected chi connectivity index (χ0v) is 19.9. The second kappa shape index (κ2) is 10.3. The molecule has 0 saturated carbocycles. The fourth-order valence-electron chi connectivity index (χ4n) is 4.67. The van der Waals surface area contributed by atoms with Gasteiger partial charge in [-0.05, 0) is 84.8 Å². The highest BCUT2D eigenvalue weighted by atomic mass is 35.5. The van der Waals surface area contributed by atoms with Gasteiger partial charge in [-0.2, -0.15) is 0 Å². The van der Waals surface area contributed by atoms with E-state index in [0.29, 0.717) is 0 Å². The Labute approximate surface area is 200 Å². The van der Waals surface area contributed by atoms with Gasteiger partial charge in [-0.15, -0.1) is 12.4 Å². The van der Waals surface area contributed by atoms with Crippen molar-refractivity contribution in [2.75, 3.05) is 19.6 Å². The van der Waals surface area contributed by atoms with E-state index in [1.54, 1.807) is 0 Å². The van der Waals surface area contributed by atoms with Crippen molar-refractivity contribution in [2.45, 2.75) is 35.0 Å². The smallest absolute Gasteiger partial charge is 0.0412 e. The Morgan fingerprint density at radius 1 is 0.871 bits per heavy atom.